The molecule has 0 aromatic heterocycles. The minimum Gasteiger partial charge on any atom is -0.398 e. The van der Waals surface area contributed by atoms with Gasteiger partial charge in [-0.25, -0.2) is 4.39 Å². The molecule has 0 aliphatic heterocycles. The highest BCUT2D eigenvalue weighted by Gasteiger charge is 2.25. The van der Waals surface area contributed by atoms with Gasteiger partial charge in [0.05, 0.1) is 5.70 Å². The number of allylic oxidation sites excluding steroid dienone is 2. The molecule has 2 amide bonds. The number of carbonyl (C=O) groups is 2. The summed E-state index contributed by atoms with van der Waals surface area (Å²) in [5.41, 5.74) is 13.0. The lowest BCUT2D eigenvalue weighted by Crippen LogP contribution is -2.30. The Morgan fingerprint density at radius 3 is 2.52 bits per heavy atom. The van der Waals surface area contributed by atoms with E-state index in [4.69, 9.17) is 11.5 Å². The van der Waals surface area contributed by atoms with Gasteiger partial charge in [0, 0.05) is 29.4 Å². The molecular formula is C20H25FN4O2. The van der Waals surface area contributed by atoms with Crippen molar-refractivity contribution in [2.24, 2.45) is 17.4 Å². The van der Waals surface area contributed by atoms with Crippen LogP contribution in [0, 0.1) is 18.7 Å². The molecule has 0 saturated heterocycles. The Kier molecular flexibility index (Phi) is 5.48. The zero-order valence-corrected chi connectivity index (χ0v) is 15.3. The Morgan fingerprint density at radius 2 is 1.89 bits per heavy atom. The first-order chi connectivity index (χ1) is 12.8. The molecule has 2 aliphatic rings. The van der Waals surface area contributed by atoms with Crippen molar-refractivity contribution in [1.29, 1.82) is 0 Å². The summed E-state index contributed by atoms with van der Waals surface area (Å²) in [5.74, 6) is -0.632. The van der Waals surface area contributed by atoms with Crippen LogP contribution in [-0.2, 0) is 4.79 Å². The van der Waals surface area contributed by atoms with E-state index in [1.165, 1.54) is 18.2 Å². The van der Waals surface area contributed by atoms with Gasteiger partial charge in [-0.1, -0.05) is 0 Å². The topological polar surface area (TPSA) is 110 Å². The number of amides is 2. The third-order valence-electron chi connectivity index (χ3n) is 4.78. The second-order valence-corrected chi connectivity index (χ2v) is 7.28. The summed E-state index contributed by atoms with van der Waals surface area (Å²) in [4.78, 5) is 24.1. The summed E-state index contributed by atoms with van der Waals surface area (Å²) in [6.45, 7) is 2.21. The predicted octanol–water partition coefficient (Wildman–Crippen LogP) is 1.69. The first-order valence-electron chi connectivity index (χ1n) is 9.17. The van der Waals surface area contributed by atoms with E-state index in [1.54, 1.807) is 13.0 Å². The van der Waals surface area contributed by atoms with Crippen molar-refractivity contribution >= 4 is 17.5 Å². The first-order valence-corrected chi connectivity index (χ1v) is 9.17. The summed E-state index contributed by atoms with van der Waals surface area (Å²) in [5, 5.41) is 5.59. The molecule has 2 saturated carbocycles. The molecule has 27 heavy (non-hydrogen) atoms. The molecule has 0 heterocycles. The van der Waals surface area contributed by atoms with Crippen LogP contribution in [0.15, 0.2) is 30.0 Å². The van der Waals surface area contributed by atoms with Gasteiger partial charge in [0.1, 0.15) is 5.82 Å². The maximum atomic E-state index is 14.3. The minimum atomic E-state index is -0.510. The maximum absolute atomic E-state index is 14.3. The normalized spacial score (nSPS) is 17.6. The standard InChI is InChI=1S/C20H25FN4O2/c1-11-15(8-13(9-16(11)21)19(26)25-14-4-5-14)17(22)6-7-18(23)20(27)24-10-12-2-3-12/h6-9,12,14H,2-5,10,22-23H2,1H3,(H,24,27)(H,25,26)/b17-6-,18-7-. The van der Waals surface area contributed by atoms with E-state index in [9.17, 15) is 14.0 Å². The van der Waals surface area contributed by atoms with E-state index in [2.05, 4.69) is 10.6 Å². The second-order valence-electron chi connectivity index (χ2n) is 7.28. The molecule has 1 aromatic carbocycles. The van der Waals surface area contributed by atoms with Crippen LogP contribution in [0.1, 0.15) is 47.2 Å². The van der Waals surface area contributed by atoms with E-state index in [0.717, 1.165) is 25.7 Å². The highest BCUT2D eigenvalue weighted by Crippen LogP contribution is 2.27. The number of rotatable bonds is 7. The Labute approximate surface area is 157 Å². The second kappa shape index (κ2) is 7.82. The lowest BCUT2D eigenvalue weighted by Gasteiger charge is -2.11. The molecule has 7 heteroatoms. The maximum Gasteiger partial charge on any atom is 0.267 e. The van der Waals surface area contributed by atoms with Crippen molar-refractivity contribution < 1.29 is 14.0 Å². The van der Waals surface area contributed by atoms with Gasteiger partial charge < -0.3 is 22.1 Å². The fourth-order valence-corrected chi connectivity index (χ4v) is 2.61. The Balaban J connectivity index is 1.75. The van der Waals surface area contributed by atoms with Crippen LogP contribution in [0.2, 0.25) is 0 Å². The van der Waals surface area contributed by atoms with Crippen molar-refractivity contribution in [3.8, 4) is 0 Å². The lowest BCUT2D eigenvalue weighted by atomic mass is 10.0. The number of carbonyl (C=O) groups excluding carboxylic acids is 2. The SMILES string of the molecule is Cc1c(F)cc(C(=O)NC2CC2)cc1/C(N)=C/C=C(\N)C(=O)NCC1CC1. The van der Waals surface area contributed by atoms with Crippen LogP contribution in [0.25, 0.3) is 5.70 Å². The van der Waals surface area contributed by atoms with Gasteiger partial charge in [0.25, 0.3) is 11.8 Å². The van der Waals surface area contributed by atoms with Crippen LogP contribution in [-0.4, -0.2) is 24.4 Å². The van der Waals surface area contributed by atoms with E-state index in [-0.39, 0.29) is 34.8 Å². The molecule has 1 aromatic rings. The monoisotopic (exact) mass is 372 g/mol. The summed E-state index contributed by atoms with van der Waals surface area (Å²) in [6.07, 6.45) is 7.00. The summed E-state index contributed by atoms with van der Waals surface area (Å²) in [7, 11) is 0. The Bertz CT molecular complexity index is 824. The molecule has 6 nitrogen and oxygen atoms in total. The molecule has 0 spiro atoms. The van der Waals surface area contributed by atoms with Crippen LogP contribution < -0.4 is 22.1 Å². The predicted molar refractivity (Wildman–Crippen MR) is 102 cm³/mol. The van der Waals surface area contributed by atoms with Crippen molar-refractivity contribution in [3.05, 3.63) is 52.5 Å². The molecule has 144 valence electrons. The van der Waals surface area contributed by atoms with Gasteiger partial charge in [-0.15, -0.1) is 0 Å². The molecule has 3 rings (SSSR count). The number of benzene rings is 1. The number of nitrogens with two attached hydrogens (primary N) is 2. The summed E-state index contributed by atoms with van der Waals surface area (Å²) in [6, 6.07) is 2.94. The third kappa shape index (κ3) is 5.09. The molecule has 0 bridgehead atoms. The number of nitrogens with one attached hydrogen (secondary N) is 2. The van der Waals surface area contributed by atoms with Crippen LogP contribution in [0.3, 0.4) is 0 Å². The number of hydrogen-bond donors (Lipinski definition) is 4. The van der Waals surface area contributed by atoms with Gasteiger partial charge >= 0.3 is 0 Å². The van der Waals surface area contributed by atoms with Crippen LogP contribution in [0.4, 0.5) is 4.39 Å². The number of hydrogen-bond acceptors (Lipinski definition) is 4. The first kappa shape index (κ1) is 18.9. The zero-order chi connectivity index (χ0) is 19.6. The van der Waals surface area contributed by atoms with Gasteiger partial charge in [0.15, 0.2) is 0 Å². The van der Waals surface area contributed by atoms with Crippen LogP contribution in [0.5, 0.6) is 0 Å². The minimum absolute atomic E-state index is 0.0272. The van der Waals surface area contributed by atoms with E-state index >= 15 is 0 Å². The average molecular weight is 372 g/mol. The Morgan fingerprint density at radius 1 is 1.19 bits per heavy atom. The smallest absolute Gasteiger partial charge is 0.267 e. The molecule has 0 unspecified atom stereocenters. The molecular weight excluding hydrogens is 347 g/mol. The highest BCUT2D eigenvalue weighted by molar-refractivity contribution is 5.96. The van der Waals surface area contributed by atoms with E-state index < -0.39 is 5.82 Å². The highest BCUT2D eigenvalue weighted by atomic mass is 19.1. The third-order valence-corrected chi connectivity index (χ3v) is 4.78. The van der Waals surface area contributed by atoms with Crippen molar-refractivity contribution in [2.75, 3.05) is 6.54 Å². The molecule has 2 fully saturated rings. The van der Waals surface area contributed by atoms with E-state index in [0.29, 0.717) is 23.6 Å². The van der Waals surface area contributed by atoms with Gasteiger partial charge in [-0.2, -0.15) is 0 Å². The largest absolute Gasteiger partial charge is 0.398 e. The van der Waals surface area contributed by atoms with Gasteiger partial charge in [0.2, 0.25) is 0 Å². The van der Waals surface area contributed by atoms with Gasteiger partial charge in [-0.05, 0) is 68.4 Å². The molecule has 0 radical (unpaired) electrons. The van der Waals surface area contributed by atoms with Crippen LogP contribution >= 0.6 is 0 Å². The van der Waals surface area contributed by atoms with E-state index in [1.807, 2.05) is 0 Å². The van der Waals surface area contributed by atoms with Crippen molar-refractivity contribution in [1.82, 2.24) is 10.6 Å². The van der Waals surface area contributed by atoms with Crippen molar-refractivity contribution in [2.45, 2.75) is 38.6 Å². The summed E-state index contributed by atoms with van der Waals surface area (Å²) >= 11 is 0. The summed E-state index contributed by atoms with van der Waals surface area (Å²) < 4.78 is 14.3. The average Bonchev–Trinajstić information content (AvgIpc) is 3.54. The van der Waals surface area contributed by atoms with Crippen molar-refractivity contribution in [3.63, 3.8) is 0 Å². The molecule has 0 atom stereocenters. The lowest BCUT2D eigenvalue weighted by molar-refractivity contribution is -0.117. The number of halogens is 1. The Hall–Kier alpha value is -2.83. The zero-order valence-electron chi connectivity index (χ0n) is 15.3. The fourth-order valence-electron chi connectivity index (χ4n) is 2.61. The van der Waals surface area contributed by atoms with Gasteiger partial charge in [-0.3, -0.25) is 9.59 Å². The molecule has 6 N–H and O–H groups in total. The quantitative estimate of drug-likeness (QED) is 0.431. The fraction of sp³-hybridized carbons (Fsp3) is 0.400. The molecule has 2 aliphatic carbocycles.